The molecule has 1 heterocycles. The van der Waals surface area contributed by atoms with Crippen LogP contribution in [-0.2, 0) is 4.74 Å². The lowest BCUT2D eigenvalue weighted by atomic mass is 9.91. The van der Waals surface area contributed by atoms with Crippen LogP contribution < -0.4 is 0 Å². The van der Waals surface area contributed by atoms with Gasteiger partial charge in [-0.05, 0) is 37.3 Å². The molecule has 0 spiro atoms. The highest BCUT2D eigenvalue weighted by atomic mass is 79.9. The number of benzene rings is 1. The van der Waals surface area contributed by atoms with Crippen molar-refractivity contribution in [3.05, 3.63) is 34.3 Å². The topological polar surface area (TPSA) is 12.5 Å². The molecule has 0 aromatic heterocycles. The van der Waals surface area contributed by atoms with Gasteiger partial charge in [-0.25, -0.2) is 0 Å². The molecular weight excluding hydrogens is 252 g/mol. The number of rotatable bonds is 4. The second-order valence-electron chi connectivity index (χ2n) is 4.24. The van der Waals surface area contributed by atoms with Crippen LogP contribution in [0.3, 0.4) is 0 Å². The second-order valence-corrected chi connectivity index (χ2v) is 5.10. The van der Waals surface area contributed by atoms with E-state index in [0.717, 1.165) is 6.42 Å². The van der Waals surface area contributed by atoms with Crippen molar-refractivity contribution in [1.29, 1.82) is 0 Å². The molecule has 3 atom stereocenters. The van der Waals surface area contributed by atoms with Gasteiger partial charge in [0.05, 0.1) is 12.2 Å². The average Bonchev–Trinajstić information content (AvgIpc) is 2.92. The van der Waals surface area contributed by atoms with E-state index in [1.54, 1.807) is 0 Å². The van der Waals surface area contributed by atoms with Gasteiger partial charge in [-0.1, -0.05) is 41.1 Å². The Kier molecular flexibility index (Phi) is 3.47. The third-order valence-electron chi connectivity index (χ3n) is 3.19. The molecule has 1 aromatic carbocycles. The Labute approximate surface area is 100.0 Å². The third kappa shape index (κ3) is 2.61. The van der Waals surface area contributed by atoms with Gasteiger partial charge < -0.3 is 4.74 Å². The van der Waals surface area contributed by atoms with Crippen molar-refractivity contribution in [2.45, 2.75) is 44.8 Å². The summed E-state index contributed by atoms with van der Waals surface area (Å²) < 4.78 is 6.72. The Morgan fingerprint density at radius 1 is 1.40 bits per heavy atom. The minimum atomic E-state index is 0.474. The van der Waals surface area contributed by atoms with Crippen LogP contribution in [0, 0.1) is 0 Å². The molecule has 3 unspecified atom stereocenters. The van der Waals surface area contributed by atoms with Crippen molar-refractivity contribution in [2.75, 3.05) is 0 Å². The molecule has 2 rings (SSSR count). The fourth-order valence-electron chi connectivity index (χ4n) is 2.08. The lowest BCUT2D eigenvalue weighted by Crippen LogP contribution is -2.03. The van der Waals surface area contributed by atoms with Crippen LogP contribution in [0.25, 0.3) is 0 Å². The second kappa shape index (κ2) is 4.67. The Balaban J connectivity index is 2.08. The number of hydrogen-bond donors (Lipinski definition) is 0. The molecule has 0 N–H and O–H groups in total. The lowest BCUT2D eigenvalue weighted by molar-refractivity contribution is 0.357. The first-order chi connectivity index (χ1) is 7.22. The summed E-state index contributed by atoms with van der Waals surface area (Å²) in [6.07, 6.45) is 3.29. The third-order valence-corrected chi connectivity index (χ3v) is 3.91. The molecule has 1 aromatic rings. The van der Waals surface area contributed by atoms with E-state index < -0.39 is 0 Å². The smallest absolute Gasteiger partial charge is 0.0844 e. The SMILES string of the molecule is CCC(CC1OC1C)c1ccccc1Br. The molecule has 1 aliphatic heterocycles. The van der Waals surface area contributed by atoms with Gasteiger partial charge in [0.1, 0.15) is 0 Å². The molecule has 1 nitrogen and oxygen atoms in total. The highest BCUT2D eigenvalue weighted by Crippen LogP contribution is 2.36. The van der Waals surface area contributed by atoms with Gasteiger partial charge in [-0.15, -0.1) is 0 Å². The molecule has 0 radical (unpaired) electrons. The molecule has 0 aliphatic carbocycles. The average molecular weight is 269 g/mol. The van der Waals surface area contributed by atoms with Crippen LogP contribution in [0.2, 0.25) is 0 Å². The largest absolute Gasteiger partial charge is 0.370 e. The van der Waals surface area contributed by atoms with Gasteiger partial charge in [0.2, 0.25) is 0 Å². The monoisotopic (exact) mass is 268 g/mol. The molecule has 1 saturated heterocycles. The van der Waals surface area contributed by atoms with E-state index in [1.165, 1.54) is 16.5 Å². The lowest BCUT2D eigenvalue weighted by Gasteiger charge is -2.15. The van der Waals surface area contributed by atoms with Crippen molar-refractivity contribution in [2.24, 2.45) is 0 Å². The zero-order chi connectivity index (χ0) is 10.8. The van der Waals surface area contributed by atoms with E-state index in [9.17, 15) is 0 Å². The van der Waals surface area contributed by atoms with Crippen molar-refractivity contribution in [3.63, 3.8) is 0 Å². The first kappa shape index (κ1) is 11.2. The maximum absolute atomic E-state index is 5.50. The standard InChI is InChI=1S/C13H17BrO/c1-3-10(8-13-9(2)15-13)11-6-4-5-7-12(11)14/h4-7,9-10,13H,3,8H2,1-2H3. The maximum Gasteiger partial charge on any atom is 0.0844 e. The quantitative estimate of drug-likeness (QED) is 0.749. The Morgan fingerprint density at radius 2 is 2.07 bits per heavy atom. The van der Waals surface area contributed by atoms with Crippen molar-refractivity contribution >= 4 is 15.9 Å². The summed E-state index contributed by atoms with van der Waals surface area (Å²) in [6, 6.07) is 8.51. The van der Waals surface area contributed by atoms with E-state index >= 15 is 0 Å². The number of ether oxygens (including phenoxy) is 1. The summed E-state index contributed by atoms with van der Waals surface area (Å²) in [5.74, 6) is 0.621. The predicted octanol–water partition coefficient (Wildman–Crippen LogP) is 4.12. The van der Waals surface area contributed by atoms with Gasteiger partial charge in [0.15, 0.2) is 0 Å². The summed E-state index contributed by atoms with van der Waals surface area (Å²) in [4.78, 5) is 0. The number of halogens is 1. The molecule has 0 bridgehead atoms. The zero-order valence-electron chi connectivity index (χ0n) is 9.24. The van der Waals surface area contributed by atoms with Crippen LogP contribution in [0.5, 0.6) is 0 Å². The fraction of sp³-hybridized carbons (Fsp3) is 0.538. The van der Waals surface area contributed by atoms with Crippen LogP contribution in [0.1, 0.15) is 38.2 Å². The molecule has 0 saturated carbocycles. The van der Waals surface area contributed by atoms with Crippen molar-refractivity contribution in [3.8, 4) is 0 Å². The van der Waals surface area contributed by atoms with E-state index in [0.29, 0.717) is 18.1 Å². The van der Waals surface area contributed by atoms with Crippen LogP contribution in [-0.4, -0.2) is 12.2 Å². The minimum Gasteiger partial charge on any atom is -0.370 e. The molecule has 1 fully saturated rings. The van der Waals surface area contributed by atoms with Gasteiger partial charge in [-0.2, -0.15) is 0 Å². The van der Waals surface area contributed by atoms with Gasteiger partial charge in [0, 0.05) is 4.47 Å². The Hall–Kier alpha value is -0.340. The van der Waals surface area contributed by atoms with Gasteiger partial charge >= 0.3 is 0 Å². The summed E-state index contributed by atoms with van der Waals surface area (Å²) >= 11 is 3.62. The van der Waals surface area contributed by atoms with E-state index in [4.69, 9.17) is 4.74 Å². The Morgan fingerprint density at radius 3 is 2.60 bits per heavy atom. The zero-order valence-corrected chi connectivity index (χ0v) is 10.8. The van der Waals surface area contributed by atoms with E-state index in [-0.39, 0.29) is 0 Å². The molecular formula is C13H17BrO. The maximum atomic E-state index is 5.50. The minimum absolute atomic E-state index is 0.474. The summed E-state index contributed by atoms with van der Waals surface area (Å²) in [6.45, 7) is 4.40. The van der Waals surface area contributed by atoms with Crippen LogP contribution >= 0.6 is 15.9 Å². The van der Waals surface area contributed by atoms with Gasteiger partial charge in [0.25, 0.3) is 0 Å². The molecule has 1 aliphatic rings. The summed E-state index contributed by atoms with van der Waals surface area (Å²) in [7, 11) is 0. The van der Waals surface area contributed by atoms with E-state index in [2.05, 4.69) is 54.0 Å². The number of hydrogen-bond acceptors (Lipinski definition) is 1. The highest BCUT2D eigenvalue weighted by molar-refractivity contribution is 9.10. The van der Waals surface area contributed by atoms with Crippen LogP contribution in [0.4, 0.5) is 0 Å². The van der Waals surface area contributed by atoms with Crippen molar-refractivity contribution in [1.82, 2.24) is 0 Å². The molecule has 0 amide bonds. The first-order valence-corrected chi connectivity index (χ1v) is 6.41. The predicted molar refractivity (Wildman–Crippen MR) is 66.1 cm³/mol. The van der Waals surface area contributed by atoms with Gasteiger partial charge in [-0.3, -0.25) is 0 Å². The fourth-order valence-corrected chi connectivity index (χ4v) is 2.69. The molecule has 15 heavy (non-hydrogen) atoms. The summed E-state index contributed by atoms with van der Waals surface area (Å²) in [5.41, 5.74) is 1.42. The highest BCUT2D eigenvalue weighted by Gasteiger charge is 2.36. The Bertz CT molecular complexity index is 337. The van der Waals surface area contributed by atoms with Crippen molar-refractivity contribution < 1.29 is 4.74 Å². The normalized spacial score (nSPS) is 26.3. The molecule has 2 heteroatoms. The van der Waals surface area contributed by atoms with Crippen LogP contribution in [0.15, 0.2) is 28.7 Å². The van der Waals surface area contributed by atoms with E-state index in [1.807, 2.05) is 0 Å². The summed E-state index contributed by atoms with van der Waals surface area (Å²) in [5, 5.41) is 0. The molecule has 82 valence electrons. The first-order valence-electron chi connectivity index (χ1n) is 5.62. The number of epoxide rings is 1.